The van der Waals surface area contributed by atoms with Gasteiger partial charge in [0, 0.05) is 18.2 Å². The van der Waals surface area contributed by atoms with Gasteiger partial charge in [0.05, 0.1) is 0 Å². The van der Waals surface area contributed by atoms with Crippen LogP contribution in [-0.2, 0) is 0 Å². The van der Waals surface area contributed by atoms with Gasteiger partial charge in [0.25, 0.3) is 0 Å². The minimum absolute atomic E-state index is 0. The molecule has 0 saturated carbocycles. The summed E-state index contributed by atoms with van der Waals surface area (Å²) in [7, 11) is 0. The third-order valence-corrected chi connectivity index (χ3v) is 3.05. The minimum Gasteiger partial charge on any atom is -0.316 e. The third-order valence-electron chi connectivity index (χ3n) is 3.05. The van der Waals surface area contributed by atoms with Crippen LogP contribution in [0.1, 0.15) is 24.5 Å². The van der Waals surface area contributed by atoms with Gasteiger partial charge in [-0.1, -0.05) is 6.07 Å². The smallest absolute Gasteiger partial charge is 0.155 e. The highest BCUT2D eigenvalue weighted by molar-refractivity contribution is 5.85. The zero-order valence-corrected chi connectivity index (χ0v) is 9.78. The van der Waals surface area contributed by atoms with E-state index < -0.39 is 0 Å². The summed E-state index contributed by atoms with van der Waals surface area (Å²) in [6.07, 6.45) is 4.11. The molecule has 3 rings (SSSR count). The van der Waals surface area contributed by atoms with E-state index in [1.54, 1.807) is 6.33 Å². The van der Waals surface area contributed by atoms with E-state index in [9.17, 15) is 0 Å². The maximum atomic E-state index is 4.27. The zero-order valence-electron chi connectivity index (χ0n) is 8.97. The Bertz CT molecular complexity index is 462. The Kier molecular flexibility index (Phi) is 3.41. The molecule has 5 heteroatoms. The van der Waals surface area contributed by atoms with Gasteiger partial charge < -0.3 is 5.32 Å². The lowest BCUT2D eigenvalue weighted by Gasteiger charge is -2.23. The lowest BCUT2D eigenvalue weighted by molar-refractivity contribution is 0.449. The lowest BCUT2D eigenvalue weighted by Crippen LogP contribution is -2.29. The number of piperidine rings is 1. The normalized spacial score (nSPS) is 20.6. The molecule has 86 valence electrons. The average Bonchev–Trinajstić information content (AvgIpc) is 2.78. The molecule has 1 atom stereocenters. The van der Waals surface area contributed by atoms with Gasteiger partial charge in [-0.25, -0.2) is 9.50 Å². The van der Waals surface area contributed by atoms with Gasteiger partial charge in [0.2, 0.25) is 0 Å². The van der Waals surface area contributed by atoms with Crippen molar-refractivity contribution in [2.45, 2.75) is 18.8 Å². The van der Waals surface area contributed by atoms with E-state index in [0.29, 0.717) is 5.92 Å². The van der Waals surface area contributed by atoms with Crippen molar-refractivity contribution in [2.75, 3.05) is 13.1 Å². The van der Waals surface area contributed by atoms with Crippen molar-refractivity contribution in [1.29, 1.82) is 0 Å². The summed E-state index contributed by atoms with van der Waals surface area (Å²) < 4.78 is 1.96. The molecular formula is C11H15ClN4. The molecule has 4 nitrogen and oxygen atoms in total. The van der Waals surface area contributed by atoms with Gasteiger partial charge in [-0.3, -0.25) is 0 Å². The monoisotopic (exact) mass is 238 g/mol. The van der Waals surface area contributed by atoms with Crippen molar-refractivity contribution >= 4 is 18.1 Å². The highest BCUT2D eigenvalue weighted by atomic mass is 35.5. The minimum atomic E-state index is 0. The van der Waals surface area contributed by atoms with Crippen molar-refractivity contribution in [3.8, 4) is 0 Å². The molecule has 0 spiro atoms. The van der Waals surface area contributed by atoms with Crippen LogP contribution in [0.3, 0.4) is 0 Å². The second-order valence-electron chi connectivity index (χ2n) is 4.02. The van der Waals surface area contributed by atoms with E-state index in [-0.39, 0.29) is 12.4 Å². The second-order valence-corrected chi connectivity index (χ2v) is 4.02. The van der Waals surface area contributed by atoms with Crippen LogP contribution < -0.4 is 5.32 Å². The van der Waals surface area contributed by atoms with Crippen LogP contribution in [0.2, 0.25) is 0 Å². The molecule has 1 N–H and O–H groups in total. The predicted molar refractivity (Wildman–Crippen MR) is 65.1 cm³/mol. The summed E-state index contributed by atoms with van der Waals surface area (Å²) in [5.41, 5.74) is 2.22. The first-order valence-electron chi connectivity index (χ1n) is 5.44. The first kappa shape index (κ1) is 11.4. The summed E-state index contributed by atoms with van der Waals surface area (Å²) >= 11 is 0. The van der Waals surface area contributed by atoms with Crippen molar-refractivity contribution in [3.63, 3.8) is 0 Å². The van der Waals surface area contributed by atoms with Crippen LogP contribution in [-0.4, -0.2) is 27.7 Å². The summed E-state index contributed by atoms with van der Waals surface area (Å²) in [5.74, 6) is 0.573. The molecule has 2 aromatic rings. The molecule has 1 fully saturated rings. The molecule has 0 aliphatic carbocycles. The largest absolute Gasteiger partial charge is 0.316 e. The maximum absolute atomic E-state index is 4.27. The molecule has 3 heterocycles. The van der Waals surface area contributed by atoms with Crippen molar-refractivity contribution in [2.24, 2.45) is 0 Å². The molecule has 2 aromatic heterocycles. The van der Waals surface area contributed by atoms with E-state index in [0.717, 1.165) is 18.7 Å². The highest BCUT2D eigenvalue weighted by Crippen LogP contribution is 2.22. The predicted octanol–water partition coefficient (Wildman–Crippen LogP) is 1.62. The summed E-state index contributed by atoms with van der Waals surface area (Å²) in [5, 5.41) is 7.70. The molecule has 0 aromatic carbocycles. The Morgan fingerprint density at radius 3 is 3.12 bits per heavy atom. The Morgan fingerprint density at radius 1 is 1.38 bits per heavy atom. The molecule has 1 aliphatic rings. The van der Waals surface area contributed by atoms with Gasteiger partial charge in [0.15, 0.2) is 5.65 Å². The topological polar surface area (TPSA) is 42.2 Å². The second kappa shape index (κ2) is 4.80. The van der Waals surface area contributed by atoms with Crippen LogP contribution >= 0.6 is 12.4 Å². The first-order chi connectivity index (χ1) is 7.45. The number of nitrogens with one attached hydrogen (secondary N) is 1. The fourth-order valence-corrected chi connectivity index (χ4v) is 2.28. The lowest BCUT2D eigenvalue weighted by atomic mass is 9.96. The molecular weight excluding hydrogens is 224 g/mol. The Morgan fingerprint density at radius 2 is 2.31 bits per heavy atom. The molecule has 0 amide bonds. The van der Waals surface area contributed by atoms with Crippen molar-refractivity contribution < 1.29 is 0 Å². The number of hydrogen-bond acceptors (Lipinski definition) is 3. The molecule has 0 bridgehead atoms. The average molecular weight is 239 g/mol. The molecule has 1 aliphatic heterocycles. The number of rotatable bonds is 1. The third kappa shape index (κ3) is 1.90. The van der Waals surface area contributed by atoms with E-state index >= 15 is 0 Å². The van der Waals surface area contributed by atoms with E-state index in [1.807, 2.05) is 10.6 Å². The van der Waals surface area contributed by atoms with Gasteiger partial charge in [-0.2, -0.15) is 5.10 Å². The molecule has 16 heavy (non-hydrogen) atoms. The van der Waals surface area contributed by atoms with Crippen LogP contribution in [0.15, 0.2) is 24.5 Å². The van der Waals surface area contributed by atoms with Gasteiger partial charge in [-0.05, 0) is 31.5 Å². The van der Waals surface area contributed by atoms with Crippen LogP contribution in [0.4, 0.5) is 0 Å². The number of nitrogens with zero attached hydrogens (tertiary/aromatic N) is 3. The van der Waals surface area contributed by atoms with E-state index in [2.05, 4.69) is 27.5 Å². The quantitative estimate of drug-likeness (QED) is 0.821. The van der Waals surface area contributed by atoms with E-state index in [4.69, 9.17) is 0 Å². The van der Waals surface area contributed by atoms with Crippen LogP contribution in [0.25, 0.3) is 5.65 Å². The SMILES string of the molecule is Cl.c1cc(C2CCCNC2)n2ncnc2c1. The Hall–Kier alpha value is -1.13. The van der Waals surface area contributed by atoms with Crippen molar-refractivity contribution in [3.05, 3.63) is 30.2 Å². The molecule has 1 unspecified atom stereocenters. The van der Waals surface area contributed by atoms with Gasteiger partial charge in [-0.15, -0.1) is 12.4 Å². The number of pyridine rings is 1. The fraction of sp³-hybridized carbons (Fsp3) is 0.455. The summed E-state index contributed by atoms with van der Waals surface area (Å²) in [6, 6.07) is 6.21. The number of hydrogen-bond donors (Lipinski definition) is 1. The Labute approximate surface area is 100 Å². The van der Waals surface area contributed by atoms with E-state index in [1.165, 1.54) is 18.5 Å². The number of fused-ring (bicyclic) bond motifs is 1. The molecule has 1 saturated heterocycles. The van der Waals surface area contributed by atoms with Crippen LogP contribution in [0.5, 0.6) is 0 Å². The fourth-order valence-electron chi connectivity index (χ4n) is 2.28. The van der Waals surface area contributed by atoms with Gasteiger partial charge >= 0.3 is 0 Å². The number of halogens is 1. The highest BCUT2D eigenvalue weighted by Gasteiger charge is 2.17. The number of aromatic nitrogens is 3. The maximum Gasteiger partial charge on any atom is 0.155 e. The molecule has 0 radical (unpaired) electrons. The summed E-state index contributed by atoms with van der Waals surface area (Å²) in [4.78, 5) is 4.21. The summed E-state index contributed by atoms with van der Waals surface area (Å²) in [6.45, 7) is 2.20. The first-order valence-corrected chi connectivity index (χ1v) is 5.44. The van der Waals surface area contributed by atoms with Crippen LogP contribution in [0, 0.1) is 0 Å². The standard InChI is InChI=1S/C11H14N4.ClH/c1-4-10(9-3-2-6-12-7-9)15-11(5-1)13-8-14-15;/h1,4-5,8-9,12H,2-3,6-7H2;1H. The van der Waals surface area contributed by atoms with Crippen molar-refractivity contribution in [1.82, 2.24) is 19.9 Å². The zero-order chi connectivity index (χ0) is 10.1. The Balaban J connectivity index is 0.000000963. The van der Waals surface area contributed by atoms with Gasteiger partial charge in [0.1, 0.15) is 6.33 Å².